The summed E-state index contributed by atoms with van der Waals surface area (Å²) in [6.07, 6.45) is 1.92. The number of aromatic nitrogens is 1. The van der Waals surface area contributed by atoms with E-state index in [-0.39, 0.29) is 17.5 Å². The zero-order valence-electron chi connectivity index (χ0n) is 17.3. The first-order valence-corrected chi connectivity index (χ1v) is 9.42. The van der Waals surface area contributed by atoms with Crippen LogP contribution in [0.2, 0.25) is 0 Å². The third-order valence-corrected chi connectivity index (χ3v) is 4.41. The van der Waals surface area contributed by atoms with Crippen molar-refractivity contribution in [3.8, 4) is 17.2 Å². The molecule has 0 spiro atoms. The second-order valence-electron chi connectivity index (χ2n) is 7.86. The van der Waals surface area contributed by atoms with Crippen LogP contribution >= 0.6 is 0 Å². The predicted octanol–water partition coefficient (Wildman–Crippen LogP) is 3.70. The lowest BCUT2D eigenvalue weighted by atomic mass is 9.96. The van der Waals surface area contributed by atoms with E-state index in [9.17, 15) is 4.79 Å². The zero-order valence-corrected chi connectivity index (χ0v) is 17.3. The van der Waals surface area contributed by atoms with Gasteiger partial charge in [0.1, 0.15) is 0 Å². The molecule has 0 saturated heterocycles. The number of pyridine rings is 1. The van der Waals surface area contributed by atoms with Crippen LogP contribution in [-0.4, -0.2) is 25.4 Å². The molecular formula is C21H32N2O4. The Morgan fingerprint density at radius 2 is 1.81 bits per heavy atom. The maximum absolute atomic E-state index is 13.3. The molecule has 0 bridgehead atoms. The predicted molar refractivity (Wildman–Crippen MR) is 109 cm³/mol. The van der Waals surface area contributed by atoms with Gasteiger partial charge >= 0.3 is 0 Å². The first-order valence-electron chi connectivity index (χ1n) is 9.42. The van der Waals surface area contributed by atoms with Crippen molar-refractivity contribution in [2.75, 3.05) is 20.8 Å². The van der Waals surface area contributed by atoms with Gasteiger partial charge in [0.2, 0.25) is 0 Å². The molecule has 0 unspecified atom stereocenters. The molecule has 0 atom stereocenters. The van der Waals surface area contributed by atoms with E-state index in [0.29, 0.717) is 46.9 Å². The maximum Gasteiger partial charge on any atom is 0.259 e. The summed E-state index contributed by atoms with van der Waals surface area (Å²) < 4.78 is 18.9. The van der Waals surface area contributed by atoms with E-state index in [1.807, 2.05) is 0 Å². The van der Waals surface area contributed by atoms with Gasteiger partial charge in [-0.25, -0.2) is 0 Å². The number of nitrogens with zero attached hydrogens (tertiary/aromatic N) is 1. The quantitative estimate of drug-likeness (QED) is 0.711. The van der Waals surface area contributed by atoms with Crippen LogP contribution in [0.15, 0.2) is 16.9 Å². The molecule has 0 amide bonds. The molecule has 150 valence electrons. The summed E-state index contributed by atoms with van der Waals surface area (Å²) in [4.78, 5) is 13.3. The number of rotatable bonds is 8. The lowest BCUT2D eigenvalue weighted by Crippen LogP contribution is -2.31. The molecule has 2 aromatic rings. The third-order valence-electron chi connectivity index (χ3n) is 4.41. The first kappa shape index (κ1) is 21.1. The number of hydrogen-bond donors (Lipinski definition) is 1. The van der Waals surface area contributed by atoms with E-state index in [1.54, 1.807) is 30.9 Å². The van der Waals surface area contributed by atoms with E-state index in [2.05, 4.69) is 27.7 Å². The van der Waals surface area contributed by atoms with Crippen LogP contribution in [0, 0.1) is 5.41 Å². The highest BCUT2D eigenvalue weighted by atomic mass is 16.5. The summed E-state index contributed by atoms with van der Waals surface area (Å²) in [5, 5.41) is 1.17. The van der Waals surface area contributed by atoms with Gasteiger partial charge in [0.25, 0.3) is 5.56 Å². The molecule has 0 saturated carbocycles. The van der Waals surface area contributed by atoms with Crippen LogP contribution in [-0.2, 0) is 13.1 Å². The molecule has 0 aliphatic rings. The number of methoxy groups -OCH3 is 2. The molecule has 0 fully saturated rings. The molecular weight excluding hydrogens is 344 g/mol. The second kappa shape index (κ2) is 8.65. The SMILES string of the molecule is CCCCOc1c(CN)n(CC(C)(C)C)c(=O)c2ccc(OC)c(OC)c12. The summed E-state index contributed by atoms with van der Waals surface area (Å²) in [6, 6.07) is 3.52. The molecule has 0 radical (unpaired) electrons. The molecule has 6 heteroatoms. The Balaban J connectivity index is 2.90. The average molecular weight is 376 g/mol. The van der Waals surface area contributed by atoms with Gasteiger partial charge in [0.05, 0.1) is 37.3 Å². The Kier molecular flexibility index (Phi) is 6.76. The summed E-state index contributed by atoms with van der Waals surface area (Å²) in [5.74, 6) is 1.66. The first-order chi connectivity index (χ1) is 12.8. The topological polar surface area (TPSA) is 75.7 Å². The monoisotopic (exact) mass is 376 g/mol. The molecule has 2 N–H and O–H groups in total. The van der Waals surface area contributed by atoms with Crippen molar-refractivity contribution in [2.45, 2.75) is 53.6 Å². The van der Waals surface area contributed by atoms with E-state index in [0.717, 1.165) is 12.8 Å². The Labute approximate surface area is 161 Å². The molecule has 0 aliphatic carbocycles. The van der Waals surface area contributed by atoms with Crippen molar-refractivity contribution in [1.82, 2.24) is 4.57 Å². The van der Waals surface area contributed by atoms with Gasteiger partial charge in [-0.1, -0.05) is 34.1 Å². The van der Waals surface area contributed by atoms with E-state index >= 15 is 0 Å². The van der Waals surface area contributed by atoms with Crippen molar-refractivity contribution in [3.63, 3.8) is 0 Å². The lowest BCUT2D eigenvalue weighted by Gasteiger charge is -2.25. The van der Waals surface area contributed by atoms with Crippen LogP contribution in [0.3, 0.4) is 0 Å². The highest BCUT2D eigenvalue weighted by Gasteiger charge is 2.24. The lowest BCUT2D eigenvalue weighted by molar-refractivity contribution is 0.293. The molecule has 1 aromatic heterocycles. The van der Waals surface area contributed by atoms with Gasteiger partial charge in [0.15, 0.2) is 17.2 Å². The highest BCUT2D eigenvalue weighted by molar-refractivity contribution is 5.96. The van der Waals surface area contributed by atoms with Gasteiger partial charge in [-0.2, -0.15) is 0 Å². The van der Waals surface area contributed by atoms with E-state index in [4.69, 9.17) is 19.9 Å². The van der Waals surface area contributed by atoms with Crippen LogP contribution in [0.4, 0.5) is 0 Å². The Bertz CT molecular complexity index is 850. The minimum absolute atomic E-state index is 0.0847. The highest BCUT2D eigenvalue weighted by Crippen LogP contribution is 2.41. The summed E-state index contributed by atoms with van der Waals surface area (Å²) in [5.41, 5.74) is 6.59. The van der Waals surface area contributed by atoms with Crippen LogP contribution in [0.25, 0.3) is 10.8 Å². The van der Waals surface area contributed by atoms with Crippen molar-refractivity contribution < 1.29 is 14.2 Å². The van der Waals surface area contributed by atoms with Crippen molar-refractivity contribution in [1.29, 1.82) is 0 Å². The maximum atomic E-state index is 13.3. The zero-order chi connectivity index (χ0) is 20.2. The van der Waals surface area contributed by atoms with Crippen LogP contribution in [0.5, 0.6) is 17.2 Å². The number of benzene rings is 1. The van der Waals surface area contributed by atoms with E-state index in [1.165, 1.54) is 0 Å². The normalized spacial score (nSPS) is 11.7. The van der Waals surface area contributed by atoms with Crippen molar-refractivity contribution >= 4 is 10.8 Å². The fourth-order valence-corrected chi connectivity index (χ4v) is 3.18. The van der Waals surface area contributed by atoms with Crippen LogP contribution in [0.1, 0.15) is 46.2 Å². The summed E-state index contributed by atoms with van der Waals surface area (Å²) in [6.45, 7) is 9.68. The van der Waals surface area contributed by atoms with Gasteiger partial charge < -0.3 is 24.5 Å². The number of ether oxygens (including phenoxy) is 3. The fourth-order valence-electron chi connectivity index (χ4n) is 3.18. The third kappa shape index (κ3) is 4.38. The Morgan fingerprint density at radius 1 is 1.11 bits per heavy atom. The number of fused-ring (bicyclic) bond motifs is 1. The summed E-state index contributed by atoms with van der Waals surface area (Å²) in [7, 11) is 3.14. The Hall–Kier alpha value is -2.21. The van der Waals surface area contributed by atoms with Gasteiger partial charge in [-0.15, -0.1) is 0 Å². The van der Waals surface area contributed by atoms with Crippen molar-refractivity contribution in [3.05, 3.63) is 28.2 Å². The van der Waals surface area contributed by atoms with Gasteiger partial charge in [0, 0.05) is 13.1 Å². The number of nitrogens with two attached hydrogens (primary N) is 1. The fraction of sp³-hybridized carbons (Fsp3) is 0.571. The molecule has 1 heterocycles. The number of hydrogen-bond acceptors (Lipinski definition) is 5. The molecule has 0 aliphatic heterocycles. The molecule has 6 nitrogen and oxygen atoms in total. The standard InChI is InChI=1S/C21H32N2O4/c1-7-8-11-27-18-15(12-22)23(13-21(2,3)4)20(24)14-9-10-16(25-5)19(26-6)17(14)18/h9-10H,7-8,11-13,22H2,1-6H3. The molecule has 1 aromatic carbocycles. The van der Waals surface area contributed by atoms with Crippen LogP contribution < -0.4 is 25.5 Å². The molecule has 2 rings (SSSR count). The minimum atomic E-state index is -0.0934. The van der Waals surface area contributed by atoms with Crippen molar-refractivity contribution in [2.24, 2.45) is 11.1 Å². The summed E-state index contributed by atoms with van der Waals surface area (Å²) >= 11 is 0. The second-order valence-corrected chi connectivity index (χ2v) is 7.86. The smallest absolute Gasteiger partial charge is 0.259 e. The largest absolute Gasteiger partial charge is 0.493 e. The number of unbranched alkanes of at least 4 members (excludes halogenated alkanes) is 1. The average Bonchev–Trinajstić information content (AvgIpc) is 2.63. The molecule has 27 heavy (non-hydrogen) atoms. The van der Waals surface area contributed by atoms with Gasteiger partial charge in [-0.3, -0.25) is 4.79 Å². The Morgan fingerprint density at radius 3 is 2.33 bits per heavy atom. The van der Waals surface area contributed by atoms with E-state index < -0.39 is 0 Å². The minimum Gasteiger partial charge on any atom is -0.493 e. The van der Waals surface area contributed by atoms with Gasteiger partial charge in [-0.05, 0) is 24.0 Å².